The largest absolute Gasteiger partial charge is 0.445 e. The van der Waals surface area contributed by atoms with Gasteiger partial charge in [-0.05, 0) is 13.0 Å². The predicted molar refractivity (Wildman–Crippen MR) is 56.5 cm³/mol. The van der Waals surface area contributed by atoms with Gasteiger partial charge in [-0.15, -0.1) is 0 Å². The summed E-state index contributed by atoms with van der Waals surface area (Å²) in [5.41, 5.74) is 0.529. The van der Waals surface area contributed by atoms with E-state index in [2.05, 4.69) is 15.0 Å². The number of hydrogen-bond donors (Lipinski definition) is 1. The SMILES string of the molecule is Cc1ccc(-n2cnc3c(=O)[nH]cnc32)o1. The molecule has 0 aliphatic rings. The van der Waals surface area contributed by atoms with Crippen LogP contribution in [0.1, 0.15) is 5.76 Å². The number of hydrogen-bond acceptors (Lipinski definition) is 4. The van der Waals surface area contributed by atoms with Crippen molar-refractivity contribution >= 4 is 11.2 Å². The van der Waals surface area contributed by atoms with Crippen LogP contribution in [-0.2, 0) is 0 Å². The van der Waals surface area contributed by atoms with Gasteiger partial charge in [0.05, 0.1) is 6.33 Å². The lowest BCUT2D eigenvalue weighted by Crippen LogP contribution is -2.06. The third-order valence-electron chi connectivity index (χ3n) is 2.30. The molecule has 16 heavy (non-hydrogen) atoms. The first kappa shape index (κ1) is 8.90. The van der Waals surface area contributed by atoms with Crippen molar-refractivity contribution in [2.24, 2.45) is 0 Å². The van der Waals surface area contributed by atoms with E-state index in [9.17, 15) is 4.79 Å². The van der Waals surface area contributed by atoms with Gasteiger partial charge in [0.25, 0.3) is 5.56 Å². The molecule has 1 N–H and O–H groups in total. The van der Waals surface area contributed by atoms with E-state index in [4.69, 9.17) is 4.42 Å². The second-order valence-corrected chi connectivity index (χ2v) is 3.40. The Morgan fingerprint density at radius 2 is 2.25 bits per heavy atom. The third-order valence-corrected chi connectivity index (χ3v) is 2.30. The van der Waals surface area contributed by atoms with Crippen LogP contribution in [-0.4, -0.2) is 19.5 Å². The Morgan fingerprint density at radius 1 is 1.38 bits per heavy atom. The first-order valence-corrected chi connectivity index (χ1v) is 4.73. The Kier molecular flexibility index (Phi) is 1.70. The summed E-state index contributed by atoms with van der Waals surface area (Å²) >= 11 is 0. The number of aromatic nitrogens is 4. The van der Waals surface area contributed by atoms with E-state index in [0.717, 1.165) is 5.76 Å². The van der Waals surface area contributed by atoms with Gasteiger partial charge in [-0.1, -0.05) is 0 Å². The van der Waals surface area contributed by atoms with E-state index in [1.807, 2.05) is 13.0 Å². The quantitative estimate of drug-likeness (QED) is 0.658. The molecular formula is C10H8N4O2. The highest BCUT2D eigenvalue weighted by atomic mass is 16.4. The van der Waals surface area contributed by atoms with E-state index in [1.165, 1.54) is 12.7 Å². The van der Waals surface area contributed by atoms with Crippen LogP contribution < -0.4 is 5.56 Å². The van der Waals surface area contributed by atoms with Gasteiger partial charge in [-0.3, -0.25) is 9.36 Å². The van der Waals surface area contributed by atoms with Crippen molar-refractivity contribution < 1.29 is 4.42 Å². The molecule has 0 saturated heterocycles. The molecule has 0 atom stereocenters. The maximum absolute atomic E-state index is 11.4. The fourth-order valence-electron chi connectivity index (χ4n) is 1.56. The maximum Gasteiger partial charge on any atom is 0.278 e. The lowest BCUT2D eigenvalue weighted by Gasteiger charge is -1.96. The molecule has 0 spiro atoms. The summed E-state index contributed by atoms with van der Waals surface area (Å²) < 4.78 is 7.08. The molecule has 0 radical (unpaired) electrons. The molecule has 3 rings (SSSR count). The van der Waals surface area contributed by atoms with Crippen LogP contribution in [0.15, 0.2) is 34.0 Å². The maximum atomic E-state index is 11.4. The number of nitrogens with one attached hydrogen (secondary N) is 1. The second kappa shape index (κ2) is 3.06. The molecule has 3 aromatic heterocycles. The van der Waals surface area contributed by atoms with Crippen molar-refractivity contribution in [1.82, 2.24) is 19.5 Å². The van der Waals surface area contributed by atoms with Gasteiger partial charge >= 0.3 is 0 Å². The van der Waals surface area contributed by atoms with Crippen LogP contribution in [0, 0.1) is 6.92 Å². The van der Waals surface area contributed by atoms with Crippen LogP contribution in [0.5, 0.6) is 0 Å². The molecule has 80 valence electrons. The molecule has 6 heteroatoms. The molecular weight excluding hydrogens is 208 g/mol. The van der Waals surface area contributed by atoms with Crippen molar-refractivity contribution in [1.29, 1.82) is 0 Å². The highest BCUT2D eigenvalue weighted by Crippen LogP contribution is 2.15. The summed E-state index contributed by atoms with van der Waals surface area (Å²) in [5, 5.41) is 0. The molecule has 0 fully saturated rings. The fraction of sp³-hybridized carbons (Fsp3) is 0.100. The highest BCUT2D eigenvalue weighted by Gasteiger charge is 2.10. The molecule has 3 heterocycles. The van der Waals surface area contributed by atoms with Crippen molar-refractivity contribution in [3.63, 3.8) is 0 Å². The van der Waals surface area contributed by atoms with Gasteiger partial charge < -0.3 is 9.40 Å². The van der Waals surface area contributed by atoms with E-state index < -0.39 is 0 Å². The first-order valence-electron chi connectivity index (χ1n) is 4.73. The van der Waals surface area contributed by atoms with E-state index in [0.29, 0.717) is 17.0 Å². The number of furan rings is 1. The average molecular weight is 216 g/mol. The monoisotopic (exact) mass is 216 g/mol. The van der Waals surface area contributed by atoms with Crippen molar-refractivity contribution in [2.45, 2.75) is 6.92 Å². The predicted octanol–water partition coefficient (Wildman–Crippen LogP) is 1.01. The summed E-state index contributed by atoms with van der Waals surface area (Å²) in [6, 6.07) is 3.65. The van der Waals surface area contributed by atoms with Gasteiger partial charge in [0, 0.05) is 6.07 Å². The van der Waals surface area contributed by atoms with Gasteiger partial charge in [-0.2, -0.15) is 0 Å². The number of aromatic amines is 1. The normalized spacial score (nSPS) is 11.1. The molecule has 0 aromatic carbocycles. The van der Waals surface area contributed by atoms with Crippen LogP contribution >= 0.6 is 0 Å². The summed E-state index contributed by atoms with van der Waals surface area (Å²) in [6.45, 7) is 1.85. The Morgan fingerprint density at radius 3 is 3.00 bits per heavy atom. The van der Waals surface area contributed by atoms with Crippen LogP contribution in [0.25, 0.3) is 17.0 Å². The molecule has 0 amide bonds. The van der Waals surface area contributed by atoms with Crippen LogP contribution in [0.4, 0.5) is 0 Å². The minimum absolute atomic E-state index is 0.257. The minimum atomic E-state index is -0.257. The topological polar surface area (TPSA) is 76.7 Å². The average Bonchev–Trinajstić information content (AvgIpc) is 2.84. The number of rotatable bonds is 1. The summed E-state index contributed by atoms with van der Waals surface area (Å²) in [5.74, 6) is 1.39. The Bertz CT molecular complexity index is 707. The highest BCUT2D eigenvalue weighted by molar-refractivity contribution is 5.70. The van der Waals surface area contributed by atoms with Gasteiger partial charge in [-0.25, -0.2) is 9.97 Å². The molecule has 3 aromatic rings. The first-order chi connectivity index (χ1) is 7.75. The zero-order valence-electron chi connectivity index (χ0n) is 8.47. The van der Waals surface area contributed by atoms with Gasteiger partial charge in [0.1, 0.15) is 12.1 Å². The lowest BCUT2D eigenvalue weighted by molar-refractivity contribution is 0.512. The molecule has 6 nitrogen and oxygen atoms in total. The number of imidazole rings is 1. The van der Waals surface area contributed by atoms with Crippen LogP contribution in [0.3, 0.4) is 0 Å². The minimum Gasteiger partial charge on any atom is -0.445 e. The van der Waals surface area contributed by atoms with E-state index in [1.54, 1.807) is 10.6 Å². The van der Waals surface area contributed by atoms with Crippen molar-refractivity contribution in [2.75, 3.05) is 0 Å². The molecule has 0 saturated carbocycles. The standard InChI is InChI=1S/C10H8N4O2/c1-6-2-3-7(16-6)14-5-13-8-9(14)11-4-12-10(8)15/h2-5H,1H3,(H,11,12,15). The fourth-order valence-corrected chi connectivity index (χ4v) is 1.56. The second-order valence-electron chi connectivity index (χ2n) is 3.40. The zero-order valence-corrected chi connectivity index (χ0v) is 8.47. The van der Waals surface area contributed by atoms with Crippen LogP contribution in [0.2, 0.25) is 0 Å². The Labute approximate surface area is 89.6 Å². The number of H-pyrrole nitrogens is 1. The molecule has 0 aliphatic heterocycles. The molecule has 0 bridgehead atoms. The Balaban J connectivity index is 2.33. The third kappa shape index (κ3) is 1.16. The summed E-state index contributed by atoms with van der Waals surface area (Å²) in [6.07, 6.45) is 2.86. The van der Waals surface area contributed by atoms with Crippen molar-refractivity contribution in [3.05, 3.63) is 40.9 Å². The molecule has 0 unspecified atom stereocenters. The number of aryl methyl sites for hydroxylation is 1. The van der Waals surface area contributed by atoms with E-state index >= 15 is 0 Å². The smallest absolute Gasteiger partial charge is 0.278 e. The lowest BCUT2D eigenvalue weighted by atomic mass is 10.5. The number of nitrogens with zero attached hydrogens (tertiary/aromatic N) is 3. The zero-order chi connectivity index (χ0) is 11.1. The van der Waals surface area contributed by atoms with Gasteiger partial charge in [0.15, 0.2) is 11.2 Å². The Hall–Kier alpha value is -2.37. The summed E-state index contributed by atoms with van der Waals surface area (Å²) in [4.78, 5) is 22.0. The summed E-state index contributed by atoms with van der Waals surface area (Å²) in [7, 11) is 0. The van der Waals surface area contributed by atoms with Gasteiger partial charge in [0.2, 0.25) is 5.88 Å². The molecule has 0 aliphatic carbocycles. The van der Waals surface area contributed by atoms with E-state index in [-0.39, 0.29) is 5.56 Å². The number of fused-ring (bicyclic) bond motifs is 1. The van der Waals surface area contributed by atoms with Crippen molar-refractivity contribution in [3.8, 4) is 5.88 Å².